The van der Waals surface area contributed by atoms with E-state index < -0.39 is 54.8 Å². The molecule has 4 amide bonds. The number of nitrogens with zero attached hydrogens (tertiary/aromatic N) is 2. The van der Waals surface area contributed by atoms with Crippen LogP contribution in [-0.2, 0) is 24.0 Å². The molecule has 13 N–H and O–H groups in total. The molecule has 0 aromatic heterocycles. The summed E-state index contributed by atoms with van der Waals surface area (Å²) in [5.41, 5.74) is 22.3. The van der Waals surface area contributed by atoms with Crippen LogP contribution >= 0.6 is 0 Å². The Bertz CT molecular complexity index is 1270. The van der Waals surface area contributed by atoms with Crippen molar-refractivity contribution < 1.29 is 29.1 Å². The maximum atomic E-state index is 13.7. The van der Waals surface area contributed by atoms with Crippen LogP contribution in [0, 0.1) is 0 Å². The van der Waals surface area contributed by atoms with E-state index in [4.69, 9.17) is 22.9 Å². The van der Waals surface area contributed by atoms with Gasteiger partial charge in [0.1, 0.15) is 12.1 Å². The second kappa shape index (κ2) is 48.1. The predicted octanol–water partition coefficient (Wildman–Crippen LogP) is 7.83. The maximum absolute atomic E-state index is 13.7. The second-order valence-electron chi connectivity index (χ2n) is 19.5. The van der Waals surface area contributed by atoms with Crippen LogP contribution in [0.4, 0.5) is 0 Å². The first-order valence-corrected chi connectivity index (χ1v) is 28.0. The molecular weight excluding hydrogens is 873 g/mol. The third kappa shape index (κ3) is 43.1. The Hall–Kier alpha value is -3.50. The van der Waals surface area contributed by atoms with Crippen molar-refractivity contribution in [2.45, 2.75) is 257 Å². The molecule has 69 heavy (non-hydrogen) atoms. The topological polar surface area (TPSA) is 273 Å². The average Bonchev–Trinajstić information content (AvgIpc) is 3.32. The molecule has 0 bridgehead atoms. The first-order valence-electron chi connectivity index (χ1n) is 28.0. The van der Waals surface area contributed by atoms with Gasteiger partial charge in [-0.3, -0.25) is 29.0 Å². The standard InChI is InChI=1S/C53H106N10O6/c1-3-5-7-9-11-13-15-17-19-21-23-25-27-31-41-63(42-32-28-26-24-22-20-18-16-14-12-10-8-6-4-2)43-40-58-51(68)46(35-29-30-38-54)62-52(69)47(36-37-49(65)66)61-48(64)44-60-50(67)45(55)34-33-39-59-53(56)57/h45-47H,3-44,54-55H2,1-2H3,(H,58,68)(H,60,67)(H,61,64)(H,62,69)(H,65,66)(H4,56,57,59)/t45-,46-,47-/m0/s1. The third-order valence-corrected chi connectivity index (χ3v) is 13.0. The van der Waals surface area contributed by atoms with E-state index in [0.717, 1.165) is 25.9 Å². The fraction of sp³-hybridized carbons (Fsp3) is 0.887. The lowest BCUT2D eigenvalue weighted by molar-refractivity contribution is -0.138. The average molecular weight is 979 g/mol. The van der Waals surface area contributed by atoms with Gasteiger partial charge in [-0.25, -0.2) is 0 Å². The Balaban J connectivity index is 5.24. The number of carbonyl (C=O) groups is 5. The summed E-state index contributed by atoms with van der Waals surface area (Å²) in [4.78, 5) is 70.5. The number of nitrogens with two attached hydrogens (primary N) is 4. The van der Waals surface area contributed by atoms with E-state index in [1.165, 1.54) is 167 Å². The Morgan fingerprint density at radius 2 is 0.957 bits per heavy atom. The van der Waals surface area contributed by atoms with E-state index in [1.54, 1.807) is 0 Å². The predicted molar refractivity (Wildman–Crippen MR) is 285 cm³/mol. The number of aliphatic imine (C=N–C) groups is 1. The highest BCUT2D eigenvalue weighted by molar-refractivity contribution is 5.93. The van der Waals surface area contributed by atoms with Gasteiger partial charge in [0, 0.05) is 26.1 Å². The Morgan fingerprint density at radius 3 is 1.39 bits per heavy atom. The zero-order valence-corrected chi connectivity index (χ0v) is 44.1. The van der Waals surface area contributed by atoms with Crippen molar-refractivity contribution in [2.75, 3.05) is 45.8 Å². The summed E-state index contributed by atoms with van der Waals surface area (Å²) < 4.78 is 0. The van der Waals surface area contributed by atoms with Crippen LogP contribution in [-0.4, -0.2) is 110 Å². The van der Waals surface area contributed by atoms with Crippen LogP contribution in [0.3, 0.4) is 0 Å². The van der Waals surface area contributed by atoms with Crippen LogP contribution in [0.2, 0.25) is 0 Å². The van der Waals surface area contributed by atoms with Crippen molar-refractivity contribution in [3.05, 3.63) is 0 Å². The summed E-state index contributed by atoms with van der Waals surface area (Å²) in [5, 5.41) is 20.2. The SMILES string of the molecule is CCCCCCCCCCCCCCCCN(CCCCCCCCCCCCCCCC)CCNC(=O)[C@H](CCCCN)NC(=O)[C@H](CCC(=O)O)NC(=O)CNC(=O)[C@@H](N)CCCN=C(N)N. The number of carbonyl (C=O) groups excluding carboxylic acids is 4. The van der Waals surface area contributed by atoms with Crippen LogP contribution in [0.15, 0.2) is 4.99 Å². The first kappa shape index (κ1) is 65.5. The summed E-state index contributed by atoms with van der Waals surface area (Å²) in [6.07, 6.45) is 38.6. The van der Waals surface area contributed by atoms with Gasteiger partial charge in [-0.1, -0.05) is 181 Å². The monoisotopic (exact) mass is 979 g/mol. The highest BCUT2D eigenvalue weighted by Gasteiger charge is 2.27. The minimum Gasteiger partial charge on any atom is -0.481 e. The number of nitrogens with one attached hydrogen (secondary N) is 4. The summed E-state index contributed by atoms with van der Waals surface area (Å²) in [7, 11) is 0. The molecule has 16 nitrogen and oxygen atoms in total. The summed E-state index contributed by atoms with van der Waals surface area (Å²) in [6, 6.07) is -3.07. The van der Waals surface area contributed by atoms with Crippen molar-refractivity contribution >= 4 is 35.6 Å². The molecule has 0 rings (SSSR count). The fourth-order valence-corrected chi connectivity index (χ4v) is 8.62. The van der Waals surface area contributed by atoms with Gasteiger partial charge in [0.05, 0.1) is 12.6 Å². The van der Waals surface area contributed by atoms with Gasteiger partial charge >= 0.3 is 5.97 Å². The van der Waals surface area contributed by atoms with Gasteiger partial charge in [0.2, 0.25) is 23.6 Å². The van der Waals surface area contributed by atoms with E-state index >= 15 is 0 Å². The van der Waals surface area contributed by atoms with E-state index in [-0.39, 0.29) is 24.7 Å². The zero-order chi connectivity index (χ0) is 51.0. The molecule has 0 aliphatic heterocycles. The fourth-order valence-electron chi connectivity index (χ4n) is 8.62. The molecule has 0 aromatic carbocycles. The van der Waals surface area contributed by atoms with Crippen LogP contribution in [0.25, 0.3) is 0 Å². The van der Waals surface area contributed by atoms with Gasteiger partial charge in [0.25, 0.3) is 0 Å². The highest BCUT2D eigenvalue weighted by Crippen LogP contribution is 2.15. The molecule has 0 spiro atoms. The third-order valence-electron chi connectivity index (χ3n) is 13.0. The largest absolute Gasteiger partial charge is 0.481 e. The quantitative estimate of drug-likeness (QED) is 0.0161. The van der Waals surface area contributed by atoms with Crippen molar-refractivity contribution in [2.24, 2.45) is 27.9 Å². The van der Waals surface area contributed by atoms with Gasteiger partial charge in [-0.15, -0.1) is 0 Å². The second-order valence-corrected chi connectivity index (χ2v) is 19.5. The number of carboxylic acids is 1. The highest BCUT2D eigenvalue weighted by atomic mass is 16.4. The maximum Gasteiger partial charge on any atom is 0.303 e. The number of hydrogen-bond donors (Lipinski definition) is 9. The number of guanidine groups is 1. The minimum absolute atomic E-state index is 0.0634. The molecule has 0 saturated carbocycles. The van der Waals surface area contributed by atoms with E-state index in [0.29, 0.717) is 51.9 Å². The number of unbranched alkanes of at least 4 members (excludes halogenated alkanes) is 27. The number of aliphatic carboxylic acids is 1. The van der Waals surface area contributed by atoms with Gasteiger partial charge < -0.3 is 54.2 Å². The summed E-state index contributed by atoms with van der Waals surface area (Å²) >= 11 is 0. The van der Waals surface area contributed by atoms with E-state index in [9.17, 15) is 29.1 Å². The number of amides is 4. The number of carboxylic acid groups (broad SMARTS) is 1. The lowest BCUT2D eigenvalue weighted by Crippen LogP contribution is -2.55. The molecule has 0 aliphatic rings. The van der Waals surface area contributed by atoms with Crippen LogP contribution in [0.1, 0.15) is 239 Å². The molecule has 3 atom stereocenters. The van der Waals surface area contributed by atoms with Crippen molar-refractivity contribution in [3.8, 4) is 0 Å². The summed E-state index contributed by atoms with van der Waals surface area (Å²) in [5.74, 6) is -3.51. The molecule has 404 valence electrons. The zero-order valence-electron chi connectivity index (χ0n) is 44.1. The number of hydrogen-bond acceptors (Lipinski definition) is 9. The number of rotatable bonds is 51. The first-order chi connectivity index (χ1) is 33.4. The Labute approximate surface area is 420 Å². The van der Waals surface area contributed by atoms with Gasteiger partial charge in [-0.05, 0) is 71.0 Å². The minimum atomic E-state index is -1.26. The molecule has 0 fully saturated rings. The van der Waals surface area contributed by atoms with Crippen molar-refractivity contribution in [1.82, 2.24) is 26.2 Å². The van der Waals surface area contributed by atoms with Gasteiger partial charge in [-0.2, -0.15) is 0 Å². The molecule has 16 heteroatoms. The molecule has 0 heterocycles. The molecule has 0 saturated heterocycles. The normalized spacial score (nSPS) is 12.6. The van der Waals surface area contributed by atoms with Crippen molar-refractivity contribution in [3.63, 3.8) is 0 Å². The molecule has 0 aromatic rings. The van der Waals surface area contributed by atoms with E-state index in [2.05, 4.69) is 45.0 Å². The van der Waals surface area contributed by atoms with Crippen LogP contribution < -0.4 is 44.2 Å². The van der Waals surface area contributed by atoms with Crippen LogP contribution in [0.5, 0.6) is 0 Å². The smallest absolute Gasteiger partial charge is 0.303 e. The molecule has 0 aliphatic carbocycles. The Morgan fingerprint density at radius 1 is 0.507 bits per heavy atom. The molecule has 0 unspecified atom stereocenters. The van der Waals surface area contributed by atoms with Crippen molar-refractivity contribution in [1.29, 1.82) is 0 Å². The molecule has 0 radical (unpaired) electrons. The van der Waals surface area contributed by atoms with Gasteiger partial charge in [0.15, 0.2) is 5.96 Å². The summed E-state index contributed by atoms with van der Waals surface area (Å²) in [6.45, 7) is 7.89. The molecular formula is C53H106N10O6. The lowest BCUT2D eigenvalue weighted by atomic mass is 10.0. The Kier molecular flexibility index (Phi) is 45.7. The van der Waals surface area contributed by atoms with E-state index in [1.807, 2.05) is 0 Å². The lowest BCUT2D eigenvalue weighted by Gasteiger charge is -2.25.